The van der Waals surface area contributed by atoms with Crippen LogP contribution in [0.1, 0.15) is 11.5 Å². The molecule has 0 spiro atoms. The van der Waals surface area contributed by atoms with Gasteiger partial charge in [0, 0.05) is 16.3 Å². The highest BCUT2D eigenvalue weighted by Gasteiger charge is 2.25. The normalized spacial score (nSPS) is 12.9. The van der Waals surface area contributed by atoms with Crippen molar-refractivity contribution in [2.24, 2.45) is 0 Å². The van der Waals surface area contributed by atoms with Crippen LogP contribution in [0.2, 0.25) is 5.02 Å². The van der Waals surface area contributed by atoms with Gasteiger partial charge >= 0.3 is 0 Å². The summed E-state index contributed by atoms with van der Waals surface area (Å²) in [6.07, 6.45) is 0. The number of anilines is 1. The van der Waals surface area contributed by atoms with E-state index in [0.29, 0.717) is 10.9 Å². The molecule has 2 aromatic carbocycles. The van der Waals surface area contributed by atoms with E-state index >= 15 is 0 Å². The lowest BCUT2D eigenvalue weighted by Gasteiger charge is -2.16. The second-order valence-electron chi connectivity index (χ2n) is 5.09. The van der Waals surface area contributed by atoms with E-state index in [1.54, 1.807) is 0 Å². The zero-order chi connectivity index (χ0) is 14.2. The molecule has 5 heteroatoms. The average molecular weight is 333 g/mol. The second kappa shape index (κ2) is 6.03. The summed E-state index contributed by atoms with van der Waals surface area (Å²) >= 11 is 5.90. The van der Waals surface area contributed by atoms with Crippen molar-refractivity contribution >= 4 is 29.7 Å². The van der Waals surface area contributed by atoms with Gasteiger partial charge in [0.1, 0.15) is 11.5 Å². The lowest BCUT2D eigenvalue weighted by molar-refractivity contribution is 0.522. The van der Waals surface area contributed by atoms with Gasteiger partial charge in [0.15, 0.2) is 0 Å². The molecule has 0 radical (unpaired) electrons. The van der Waals surface area contributed by atoms with Crippen LogP contribution in [0.5, 0.6) is 0 Å². The van der Waals surface area contributed by atoms with Gasteiger partial charge in [-0.25, -0.2) is 4.98 Å². The molecule has 4 rings (SSSR count). The smallest absolute Gasteiger partial charge is 0.226 e. The fourth-order valence-electron chi connectivity index (χ4n) is 2.58. The van der Waals surface area contributed by atoms with Crippen LogP contribution in [0, 0.1) is 0 Å². The van der Waals surface area contributed by atoms with E-state index in [2.05, 4.69) is 22.0 Å². The first kappa shape index (κ1) is 14.9. The van der Waals surface area contributed by atoms with Gasteiger partial charge in [-0.3, -0.25) is 0 Å². The maximum Gasteiger partial charge on any atom is 0.226 e. The third-order valence-corrected chi connectivity index (χ3v) is 3.92. The maximum absolute atomic E-state index is 5.91. The quantitative estimate of drug-likeness (QED) is 0.665. The van der Waals surface area contributed by atoms with Crippen LogP contribution in [0.3, 0.4) is 0 Å². The number of fused-ring (bicyclic) bond motifs is 1. The first-order valence-electron chi connectivity index (χ1n) is 6.84. The fraction of sp³-hybridized carbons (Fsp3) is 0.118. The summed E-state index contributed by atoms with van der Waals surface area (Å²) in [7, 11) is 0. The molecule has 1 aromatic heterocycles. The molecule has 2 heterocycles. The Kier molecular flexibility index (Phi) is 4.10. The van der Waals surface area contributed by atoms with Crippen molar-refractivity contribution in [3.63, 3.8) is 0 Å². The Hall–Kier alpha value is -1.97. The number of benzene rings is 2. The number of para-hydroxylation sites is 1. The Labute approximate surface area is 139 Å². The van der Waals surface area contributed by atoms with Crippen molar-refractivity contribution < 1.29 is 4.42 Å². The monoisotopic (exact) mass is 332 g/mol. The highest BCUT2D eigenvalue weighted by atomic mass is 35.5. The van der Waals surface area contributed by atoms with Gasteiger partial charge in [-0.05, 0) is 36.4 Å². The molecule has 0 saturated heterocycles. The predicted octanol–water partition coefficient (Wildman–Crippen LogP) is 4.94. The van der Waals surface area contributed by atoms with Crippen molar-refractivity contribution in [3.05, 3.63) is 71.1 Å². The summed E-state index contributed by atoms with van der Waals surface area (Å²) in [5.41, 5.74) is 3.17. The number of halogens is 2. The molecule has 112 valence electrons. The molecule has 0 atom stereocenters. The van der Waals surface area contributed by atoms with Crippen LogP contribution in [0.25, 0.3) is 11.5 Å². The largest absolute Gasteiger partial charge is 0.439 e. The Balaban J connectivity index is 0.00000144. The average Bonchev–Trinajstić information content (AvgIpc) is 3.07. The molecule has 0 amide bonds. The van der Waals surface area contributed by atoms with Crippen LogP contribution in [0.15, 0.2) is 59.0 Å². The first-order valence-corrected chi connectivity index (χ1v) is 7.22. The Bertz CT molecular complexity index is 746. The van der Waals surface area contributed by atoms with Crippen molar-refractivity contribution in [1.29, 1.82) is 0 Å². The zero-order valence-electron chi connectivity index (χ0n) is 11.7. The molecule has 0 fully saturated rings. The van der Waals surface area contributed by atoms with E-state index in [1.165, 1.54) is 5.69 Å². The molecule has 1 aliphatic heterocycles. The van der Waals surface area contributed by atoms with E-state index in [1.807, 2.05) is 42.5 Å². The molecular formula is C17H14Cl2N2O. The zero-order valence-corrected chi connectivity index (χ0v) is 13.3. The van der Waals surface area contributed by atoms with Crippen molar-refractivity contribution in [2.75, 3.05) is 4.90 Å². The van der Waals surface area contributed by atoms with Crippen molar-refractivity contribution in [3.8, 4) is 11.5 Å². The summed E-state index contributed by atoms with van der Waals surface area (Å²) in [6, 6.07) is 17.9. The highest BCUT2D eigenvalue weighted by Crippen LogP contribution is 2.31. The van der Waals surface area contributed by atoms with Crippen LogP contribution < -0.4 is 4.90 Å². The number of hydrogen-bond acceptors (Lipinski definition) is 3. The minimum absolute atomic E-state index is 0. The lowest BCUT2D eigenvalue weighted by atomic mass is 10.2. The van der Waals surface area contributed by atoms with Crippen LogP contribution in [-0.4, -0.2) is 4.98 Å². The third kappa shape index (κ3) is 2.70. The van der Waals surface area contributed by atoms with Gasteiger partial charge in [0.2, 0.25) is 5.89 Å². The molecule has 0 N–H and O–H groups in total. The van der Waals surface area contributed by atoms with E-state index in [4.69, 9.17) is 16.0 Å². The number of oxazole rings is 1. The molecule has 0 saturated carbocycles. The molecule has 22 heavy (non-hydrogen) atoms. The summed E-state index contributed by atoms with van der Waals surface area (Å²) in [6.45, 7) is 1.55. The standard InChI is InChI=1S/C17H13ClN2O.ClH/c18-13-8-6-12(7-9-13)17-19-15-10-20(11-16(15)21-17)14-4-2-1-3-5-14;/h1-9H,10-11H2;1H. The van der Waals surface area contributed by atoms with E-state index in [-0.39, 0.29) is 12.4 Å². The summed E-state index contributed by atoms with van der Waals surface area (Å²) in [5, 5.41) is 0.716. The molecular weight excluding hydrogens is 319 g/mol. The van der Waals surface area contributed by atoms with Crippen LogP contribution >= 0.6 is 24.0 Å². The summed E-state index contributed by atoms with van der Waals surface area (Å²) < 4.78 is 5.91. The van der Waals surface area contributed by atoms with Crippen LogP contribution in [0.4, 0.5) is 5.69 Å². The number of hydrogen-bond donors (Lipinski definition) is 0. The third-order valence-electron chi connectivity index (χ3n) is 3.67. The predicted molar refractivity (Wildman–Crippen MR) is 90.5 cm³/mol. The molecule has 3 nitrogen and oxygen atoms in total. The van der Waals surface area contributed by atoms with Gasteiger partial charge in [-0.15, -0.1) is 12.4 Å². The molecule has 0 unspecified atom stereocenters. The molecule has 0 aliphatic carbocycles. The topological polar surface area (TPSA) is 29.3 Å². The SMILES string of the molecule is Cl.Clc1ccc(-c2nc3c(o2)CN(c2ccccc2)C3)cc1. The molecule has 0 bridgehead atoms. The highest BCUT2D eigenvalue weighted by molar-refractivity contribution is 6.30. The van der Waals surface area contributed by atoms with Crippen molar-refractivity contribution in [1.82, 2.24) is 4.98 Å². The van der Waals surface area contributed by atoms with E-state index < -0.39 is 0 Å². The Morgan fingerprint density at radius 2 is 1.68 bits per heavy atom. The molecule has 1 aliphatic rings. The Morgan fingerprint density at radius 3 is 2.36 bits per heavy atom. The minimum atomic E-state index is 0. The molecule has 3 aromatic rings. The number of aromatic nitrogens is 1. The van der Waals surface area contributed by atoms with Gasteiger partial charge in [0.05, 0.1) is 13.1 Å². The fourth-order valence-corrected chi connectivity index (χ4v) is 2.70. The second-order valence-corrected chi connectivity index (χ2v) is 5.52. The van der Waals surface area contributed by atoms with Crippen LogP contribution in [-0.2, 0) is 13.1 Å². The van der Waals surface area contributed by atoms with Gasteiger partial charge in [-0.1, -0.05) is 29.8 Å². The van der Waals surface area contributed by atoms with Gasteiger partial charge in [-0.2, -0.15) is 0 Å². The number of rotatable bonds is 2. The van der Waals surface area contributed by atoms with Gasteiger partial charge < -0.3 is 9.32 Å². The number of nitrogens with zero attached hydrogens (tertiary/aromatic N) is 2. The maximum atomic E-state index is 5.91. The summed E-state index contributed by atoms with van der Waals surface area (Å²) in [4.78, 5) is 6.87. The van der Waals surface area contributed by atoms with E-state index in [0.717, 1.165) is 30.1 Å². The van der Waals surface area contributed by atoms with E-state index in [9.17, 15) is 0 Å². The minimum Gasteiger partial charge on any atom is -0.439 e. The first-order chi connectivity index (χ1) is 10.3. The summed E-state index contributed by atoms with van der Waals surface area (Å²) in [5.74, 6) is 1.62. The van der Waals surface area contributed by atoms with Gasteiger partial charge in [0.25, 0.3) is 0 Å². The Morgan fingerprint density at radius 1 is 0.955 bits per heavy atom. The van der Waals surface area contributed by atoms with Crippen molar-refractivity contribution in [2.45, 2.75) is 13.1 Å². The lowest BCUT2D eigenvalue weighted by Crippen LogP contribution is -2.14.